The fourth-order valence-electron chi connectivity index (χ4n) is 5.18. The first-order valence-electron chi connectivity index (χ1n) is 27.5. The zero-order valence-electron chi connectivity index (χ0n) is 52.2. The number of hydrogen-bond acceptors (Lipinski definition) is 4. The Bertz CT molecular complexity index is 2890. The van der Waals surface area contributed by atoms with E-state index in [1.165, 1.54) is 18.2 Å². The molecule has 0 amide bonds. The molecule has 0 fully saturated rings. The second-order valence-electron chi connectivity index (χ2n) is 12.9. The Kier molecular flexibility index (Phi) is 5.66. The van der Waals surface area contributed by atoms with Gasteiger partial charge in [-0.1, -0.05) is 103 Å². The van der Waals surface area contributed by atoms with Crippen LogP contribution in [0.1, 0.15) is 117 Å². The van der Waals surface area contributed by atoms with Crippen molar-refractivity contribution < 1.29 is 57.4 Å². The standard InChI is InChI=1S/C26H29N2O.C18H24NSi.Ir/c1-7-26(6,8-2)17-14-15-27-21(16-17)20-11-9-10-18-19-12-13-22(25(3,4)5)28-24(19)29-23(18)20;1-14(2)11-16-12-17(15-9-7-6-8-10-15)19-13-18(16)20(3,4)5;/h9-10,12-16H,7-8H2,1-6H3;6-9,12-14H,11H2,1-5H3;/q2*-1;/i1D3,2D3,3D3,4D3,5D3,6D3,7D2,8D2;11D2;. The van der Waals surface area contributed by atoms with Gasteiger partial charge in [-0.05, 0) is 70.8 Å². The normalized spacial score (nSPS) is 21.6. The summed E-state index contributed by atoms with van der Waals surface area (Å²) >= 11 is 0. The molecule has 0 saturated carbocycles. The number of fused-ring (bicyclic) bond motifs is 3. The van der Waals surface area contributed by atoms with Gasteiger partial charge in [0.15, 0.2) is 0 Å². The first-order valence-corrected chi connectivity index (χ1v) is 19.0. The zero-order chi connectivity index (χ0) is 55.9. The molecule has 0 unspecified atom stereocenters. The van der Waals surface area contributed by atoms with Crippen LogP contribution >= 0.6 is 0 Å². The molecule has 0 N–H and O–H groups in total. The minimum absolute atomic E-state index is 0. The number of aromatic nitrogens is 3. The van der Waals surface area contributed by atoms with E-state index in [1.54, 1.807) is 0 Å². The minimum Gasteiger partial charge on any atom is -0.486 e. The number of benzene rings is 2. The summed E-state index contributed by atoms with van der Waals surface area (Å²) in [5.41, 5.74) is -7.74. The maximum atomic E-state index is 8.57. The maximum absolute atomic E-state index is 8.57. The molecule has 0 aliphatic carbocycles. The van der Waals surface area contributed by atoms with Gasteiger partial charge in [0, 0.05) is 81.9 Å². The molecule has 2 aromatic carbocycles. The Morgan fingerprint density at radius 2 is 1.68 bits per heavy atom. The summed E-state index contributed by atoms with van der Waals surface area (Å²) in [6.45, 7) is -12.1. The molecule has 0 bridgehead atoms. The van der Waals surface area contributed by atoms with Gasteiger partial charge < -0.3 is 14.4 Å². The molecule has 4 heterocycles. The van der Waals surface area contributed by atoms with Crippen molar-refractivity contribution in [3.05, 3.63) is 108 Å². The van der Waals surface area contributed by atoms with Crippen LogP contribution in [-0.4, -0.2) is 23.0 Å². The van der Waals surface area contributed by atoms with E-state index in [4.69, 9.17) is 37.3 Å². The van der Waals surface area contributed by atoms with Gasteiger partial charge in [-0.25, -0.2) is 4.98 Å². The van der Waals surface area contributed by atoms with E-state index >= 15 is 0 Å². The van der Waals surface area contributed by atoms with Gasteiger partial charge >= 0.3 is 0 Å². The third-order valence-electron chi connectivity index (χ3n) is 7.65. The Balaban J connectivity index is 0.000000430. The Hall–Kier alpha value is -3.44. The van der Waals surface area contributed by atoms with Crippen LogP contribution in [0.15, 0.2) is 83.5 Å². The first kappa shape index (κ1) is 17.9. The van der Waals surface area contributed by atoms with Crippen LogP contribution in [0.3, 0.4) is 0 Å². The SMILES string of the molecule is [2H]C([2H])([2H])C([2H])([2H])C(c1ccnc(-c2[c-]ccc3c2oc2nc(C(C([2H])([2H])[2H])(C([2H])([2H])[2H])C([2H])([2H])[2H])ccc23)c1)(C([2H])([2H])[2H])C([2H])([2H])C([2H])([2H])[2H].[2H]C([2H])(c1cc(-c2[c-]cccc2)ncc1[Si](C)(C)C)C(C)C.[Ir]. The Morgan fingerprint density at radius 1 is 0.880 bits per heavy atom. The van der Waals surface area contributed by atoms with E-state index < -0.39 is 96.1 Å². The third kappa shape index (κ3) is 8.70. The van der Waals surface area contributed by atoms with Crippen LogP contribution in [-0.2, 0) is 37.3 Å². The predicted molar refractivity (Wildman–Crippen MR) is 210 cm³/mol. The molecule has 50 heavy (non-hydrogen) atoms. The summed E-state index contributed by atoms with van der Waals surface area (Å²) in [5, 5.41) is 1.40. The summed E-state index contributed by atoms with van der Waals surface area (Å²) < 4.78 is 201. The van der Waals surface area contributed by atoms with Crippen molar-refractivity contribution in [3.8, 4) is 22.5 Å². The Labute approximate surface area is 348 Å². The van der Waals surface area contributed by atoms with Crippen LogP contribution in [0, 0.1) is 18.1 Å². The molecule has 4 aromatic heterocycles. The van der Waals surface area contributed by atoms with Gasteiger partial charge in [-0.2, -0.15) is 0 Å². The van der Waals surface area contributed by atoms with Crippen molar-refractivity contribution in [2.45, 2.75) is 105 Å². The smallest absolute Gasteiger partial charge is 0.216 e. The number of hydrogen-bond donors (Lipinski definition) is 0. The summed E-state index contributed by atoms with van der Waals surface area (Å²) in [6, 6.07) is 22.0. The van der Waals surface area contributed by atoms with Crippen molar-refractivity contribution in [1.29, 1.82) is 0 Å². The van der Waals surface area contributed by atoms with E-state index in [9.17, 15) is 0 Å². The van der Waals surface area contributed by atoms with E-state index in [0.29, 0.717) is 0 Å². The quantitative estimate of drug-likeness (QED) is 0.113. The maximum Gasteiger partial charge on any atom is 0.216 e. The van der Waals surface area contributed by atoms with Gasteiger partial charge in [-0.3, -0.25) is 0 Å². The molecule has 6 heteroatoms. The monoisotopic (exact) mass is 885 g/mol. The molecule has 0 atom stereocenters. The molecule has 6 rings (SSSR count). The molecule has 6 aromatic rings. The summed E-state index contributed by atoms with van der Waals surface area (Å²) in [4.78, 5) is 12.8. The molecule has 1 radical (unpaired) electrons. The van der Waals surface area contributed by atoms with Crippen molar-refractivity contribution in [3.63, 3.8) is 0 Å². The largest absolute Gasteiger partial charge is 0.486 e. The molecule has 265 valence electrons. The fraction of sp³-hybridized carbons (Fsp3) is 0.386. The minimum atomic E-state index is -4.06. The van der Waals surface area contributed by atoms with Crippen LogP contribution in [0.5, 0.6) is 0 Å². The summed E-state index contributed by atoms with van der Waals surface area (Å²) in [7, 11) is -1.67. The van der Waals surface area contributed by atoms with Gasteiger partial charge in [0.25, 0.3) is 0 Å². The van der Waals surface area contributed by atoms with Gasteiger partial charge in [0.1, 0.15) is 0 Å². The number of nitrogens with zero attached hydrogens (tertiary/aromatic N) is 3. The molecule has 4 nitrogen and oxygen atoms in total. The predicted octanol–water partition coefficient (Wildman–Crippen LogP) is 11.5. The van der Waals surface area contributed by atoms with Crippen molar-refractivity contribution >= 4 is 35.3 Å². The first-order chi connectivity index (χ1) is 32.8. The van der Waals surface area contributed by atoms with Gasteiger partial charge in [-0.15, -0.1) is 54.1 Å². The number of rotatable bonds is 8. The van der Waals surface area contributed by atoms with E-state index in [0.717, 1.165) is 46.4 Å². The molecule has 0 spiro atoms. The molecule has 0 aliphatic rings. The van der Waals surface area contributed by atoms with Crippen molar-refractivity contribution in [2.75, 3.05) is 0 Å². The Morgan fingerprint density at radius 3 is 2.34 bits per heavy atom. The number of furan rings is 1. The second-order valence-corrected chi connectivity index (χ2v) is 17.9. The van der Waals surface area contributed by atoms with Gasteiger partial charge in [0.2, 0.25) is 5.71 Å². The summed E-state index contributed by atoms with van der Waals surface area (Å²) in [6.07, 6.45) is -6.71. The van der Waals surface area contributed by atoms with E-state index in [2.05, 4.69) is 46.7 Å². The van der Waals surface area contributed by atoms with E-state index in [-0.39, 0.29) is 53.6 Å². The van der Waals surface area contributed by atoms with Crippen LogP contribution in [0.2, 0.25) is 19.6 Å². The summed E-state index contributed by atoms with van der Waals surface area (Å²) in [5.74, 6) is -0.0856. The van der Waals surface area contributed by atoms with Crippen LogP contribution < -0.4 is 5.19 Å². The van der Waals surface area contributed by atoms with Gasteiger partial charge in [0.05, 0.1) is 13.7 Å². The average Bonchev–Trinajstić information content (AvgIpc) is 3.59. The van der Waals surface area contributed by atoms with Crippen molar-refractivity contribution in [2.24, 2.45) is 5.92 Å². The van der Waals surface area contributed by atoms with E-state index in [1.807, 2.05) is 50.4 Å². The fourth-order valence-corrected chi connectivity index (χ4v) is 6.59. The van der Waals surface area contributed by atoms with Crippen LogP contribution in [0.25, 0.3) is 44.6 Å². The number of pyridine rings is 3. The molecule has 0 aliphatic heterocycles. The van der Waals surface area contributed by atoms with Crippen molar-refractivity contribution in [1.82, 2.24) is 15.0 Å². The second kappa shape index (κ2) is 15.8. The topological polar surface area (TPSA) is 51.8 Å². The van der Waals surface area contributed by atoms with Crippen LogP contribution in [0.4, 0.5) is 0 Å². The average molecular weight is 884 g/mol. The molecular formula is C44H53IrN3OSi-2. The third-order valence-corrected chi connectivity index (χ3v) is 9.66. The molecular weight excluding hydrogens is 807 g/mol. The zero-order valence-corrected chi connectivity index (χ0v) is 31.6. The molecule has 0 saturated heterocycles.